The van der Waals surface area contributed by atoms with Gasteiger partial charge in [-0.1, -0.05) is 52.4 Å². The van der Waals surface area contributed by atoms with E-state index < -0.39 is 0 Å². The molecule has 0 atom stereocenters. The van der Waals surface area contributed by atoms with E-state index in [-0.39, 0.29) is 0 Å². The van der Waals surface area contributed by atoms with Gasteiger partial charge in [0.2, 0.25) is 0 Å². The molecule has 1 saturated heterocycles. The molecule has 1 heterocycles. The number of hydrogen-bond acceptors (Lipinski definition) is 2. The zero-order valence-electron chi connectivity index (χ0n) is 17.1. The van der Waals surface area contributed by atoms with Crippen molar-refractivity contribution in [1.82, 2.24) is 10.6 Å². The van der Waals surface area contributed by atoms with Crippen LogP contribution in [0, 0.1) is 29.6 Å². The summed E-state index contributed by atoms with van der Waals surface area (Å²) in [5.74, 6) is 4.94. The van der Waals surface area contributed by atoms with Crippen LogP contribution in [0.5, 0.6) is 0 Å². The van der Waals surface area contributed by atoms with E-state index in [2.05, 4.69) is 24.5 Å². The molecule has 2 nitrogen and oxygen atoms in total. The lowest BCUT2D eigenvalue weighted by molar-refractivity contribution is 0.113. The number of hydrogen-bond donors (Lipinski definition) is 2. The van der Waals surface area contributed by atoms with Gasteiger partial charge in [0.25, 0.3) is 0 Å². The van der Waals surface area contributed by atoms with Gasteiger partial charge in [0, 0.05) is 13.1 Å². The van der Waals surface area contributed by atoms with Crippen molar-refractivity contribution in [3.05, 3.63) is 0 Å². The average molecular weight is 349 g/mol. The smallest absolute Gasteiger partial charge is 0.0600 e. The van der Waals surface area contributed by atoms with Gasteiger partial charge in [-0.3, -0.25) is 0 Å². The summed E-state index contributed by atoms with van der Waals surface area (Å²) in [6, 6.07) is 0. The van der Waals surface area contributed by atoms with Crippen LogP contribution in [-0.4, -0.2) is 19.3 Å². The molecular formula is C23H44N2. The molecule has 3 aliphatic rings. The summed E-state index contributed by atoms with van der Waals surface area (Å²) in [6.07, 6.45) is 19.7. The van der Waals surface area contributed by atoms with E-state index in [4.69, 9.17) is 0 Å². The van der Waals surface area contributed by atoms with Gasteiger partial charge in [-0.05, 0) is 74.5 Å². The van der Waals surface area contributed by atoms with Crippen LogP contribution in [0.1, 0.15) is 97.3 Å². The Morgan fingerprint density at radius 2 is 1.16 bits per heavy atom. The fraction of sp³-hybridized carbons (Fsp3) is 1.00. The molecule has 0 aromatic carbocycles. The maximum Gasteiger partial charge on any atom is 0.0600 e. The molecule has 3 fully saturated rings. The first-order chi connectivity index (χ1) is 12.3. The molecule has 0 radical (unpaired) electrons. The van der Waals surface area contributed by atoms with Gasteiger partial charge in [-0.2, -0.15) is 0 Å². The highest BCUT2D eigenvalue weighted by Gasteiger charge is 2.34. The highest BCUT2D eigenvalue weighted by molar-refractivity contribution is 4.88. The Bertz CT molecular complexity index is 345. The van der Waals surface area contributed by atoms with Crippen LogP contribution in [0.4, 0.5) is 0 Å². The maximum atomic E-state index is 3.85. The van der Waals surface area contributed by atoms with E-state index in [1.54, 1.807) is 12.8 Å². The van der Waals surface area contributed by atoms with E-state index >= 15 is 0 Å². The standard InChI is InChI=1S/C23H44N2/c1-3-5-7-19-16-24-23(25-17-19)22-14-12-21(13-15-22)20-10-8-18(6-4-2)9-11-20/h18-25H,3-17H2,1-2H3. The van der Waals surface area contributed by atoms with E-state index in [1.165, 1.54) is 83.7 Å². The van der Waals surface area contributed by atoms with E-state index in [1.807, 2.05) is 0 Å². The van der Waals surface area contributed by atoms with Gasteiger partial charge in [0.15, 0.2) is 0 Å². The number of rotatable bonds is 7. The summed E-state index contributed by atoms with van der Waals surface area (Å²) >= 11 is 0. The van der Waals surface area contributed by atoms with Gasteiger partial charge in [-0.25, -0.2) is 0 Å². The molecule has 0 unspecified atom stereocenters. The summed E-state index contributed by atoms with van der Waals surface area (Å²) in [6.45, 7) is 7.16. The molecule has 2 aliphatic carbocycles. The fourth-order valence-corrected chi connectivity index (χ4v) is 6.07. The molecule has 0 aromatic heterocycles. The summed E-state index contributed by atoms with van der Waals surface area (Å²) in [5, 5.41) is 7.70. The molecule has 3 rings (SSSR count). The molecule has 2 saturated carbocycles. The van der Waals surface area contributed by atoms with Crippen LogP contribution in [-0.2, 0) is 0 Å². The van der Waals surface area contributed by atoms with Crippen LogP contribution >= 0.6 is 0 Å². The second-order valence-corrected chi connectivity index (χ2v) is 9.55. The minimum atomic E-state index is 0.610. The molecule has 0 amide bonds. The van der Waals surface area contributed by atoms with Crippen molar-refractivity contribution in [3.63, 3.8) is 0 Å². The molecule has 0 aromatic rings. The molecular weight excluding hydrogens is 304 g/mol. The molecule has 0 spiro atoms. The van der Waals surface area contributed by atoms with Crippen LogP contribution in [0.3, 0.4) is 0 Å². The number of unbranched alkanes of at least 4 members (excludes halogenated alkanes) is 1. The summed E-state index contributed by atoms with van der Waals surface area (Å²) < 4.78 is 0. The average Bonchev–Trinajstić information content (AvgIpc) is 2.68. The van der Waals surface area contributed by atoms with E-state index in [9.17, 15) is 0 Å². The van der Waals surface area contributed by atoms with Gasteiger partial charge in [0.1, 0.15) is 0 Å². The topological polar surface area (TPSA) is 24.1 Å². The summed E-state index contributed by atoms with van der Waals surface area (Å²) in [4.78, 5) is 0. The van der Waals surface area contributed by atoms with Crippen molar-refractivity contribution >= 4 is 0 Å². The minimum absolute atomic E-state index is 0.610. The zero-order valence-corrected chi connectivity index (χ0v) is 17.1. The SMILES string of the molecule is CCCCC1CNC(C2CCC(C3CCC(CCC)CC3)CC2)NC1. The molecule has 146 valence electrons. The summed E-state index contributed by atoms with van der Waals surface area (Å²) in [7, 11) is 0. The summed E-state index contributed by atoms with van der Waals surface area (Å²) in [5.41, 5.74) is 0. The monoisotopic (exact) mass is 348 g/mol. The van der Waals surface area contributed by atoms with Crippen molar-refractivity contribution < 1.29 is 0 Å². The van der Waals surface area contributed by atoms with Gasteiger partial charge in [0.05, 0.1) is 6.17 Å². The predicted octanol–water partition coefficient (Wildman–Crippen LogP) is 5.72. The third-order valence-electron chi connectivity index (χ3n) is 7.76. The van der Waals surface area contributed by atoms with Crippen LogP contribution in [0.2, 0.25) is 0 Å². The second-order valence-electron chi connectivity index (χ2n) is 9.55. The minimum Gasteiger partial charge on any atom is -0.301 e. The molecule has 25 heavy (non-hydrogen) atoms. The Hall–Kier alpha value is -0.0800. The third kappa shape index (κ3) is 5.70. The first kappa shape index (κ1) is 19.7. The first-order valence-electron chi connectivity index (χ1n) is 11.8. The lowest BCUT2D eigenvalue weighted by Gasteiger charge is -2.42. The fourth-order valence-electron chi connectivity index (χ4n) is 6.07. The Balaban J connectivity index is 1.34. The Labute approximate surface area is 157 Å². The molecule has 2 heteroatoms. The normalized spacial score (nSPS) is 40.1. The lowest BCUT2D eigenvalue weighted by atomic mass is 9.68. The second kappa shape index (κ2) is 10.3. The van der Waals surface area contributed by atoms with Crippen LogP contribution < -0.4 is 10.6 Å². The highest BCUT2D eigenvalue weighted by atomic mass is 15.2. The van der Waals surface area contributed by atoms with Gasteiger partial charge < -0.3 is 10.6 Å². The first-order valence-corrected chi connectivity index (χ1v) is 11.8. The maximum absolute atomic E-state index is 3.85. The van der Waals surface area contributed by atoms with Crippen molar-refractivity contribution in [2.75, 3.05) is 13.1 Å². The van der Waals surface area contributed by atoms with Crippen molar-refractivity contribution in [1.29, 1.82) is 0 Å². The zero-order chi connectivity index (χ0) is 17.5. The predicted molar refractivity (Wildman–Crippen MR) is 109 cm³/mol. The lowest BCUT2D eigenvalue weighted by Crippen LogP contribution is -2.56. The quantitative estimate of drug-likeness (QED) is 0.614. The van der Waals surface area contributed by atoms with Gasteiger partial charge in [-0.15, -0.1) is 0 Å². The van der Waals surface area contributed by atoms with E-state index in [0.29, 0.717) is 6.17 Å². The van der Waals surface area contributed by atoms with E-state index in [0.717, 1.165) is 29.6 Å². The van der Waals surface area contributed by atoms with Crippen molar-refractivity contribution in [3.8, 4) is 0 Å². The molecule has 0 bridgehead atoms. The Kier molecular flexibility index (Phi) is 8.11. The highest BCUT2D eigenvalue weighted by Crippen LogP contribution is 2.42. The molecule has 1 aliphatic heterocycles. The van der Waals surface area contributed by atoms with Crippen LogP contribution in [0.25, 0.3) is 0 Å². The number of nitrogens with one attached hydrogen (secondary N) is 2. The van der Waals surface area contributed by atoms with Gasteiger partial charge >= 0.3 is 0 Å². The van der Waals surface area contributed by atoms with Crippen molar-refractivity contribution in [2.24, 2.45) is 29.6 Å². The Morgan fingerprint density at radius 3 is 1.72 bits per heavy atom. The third-order valence-corrected chi connectivity index (χ3v) is 7.76. The Morgan fingerprint density at radius 1 is 0.600 bits per heavy atom. The van der Waals surface area contributed by atoms with Crippen molar-refractivity contribution in [2.45, 2.75) is 103 Å². The largest absolute Gasteiger partial charge is 0.301 e. The molecule has 2 N–H and O–H groups in total. The van der Waals surface area contributed by atoms with Crippen LogP contribution in [0.15, 0.2) is 0 Å².